The lowest BCUT2D eigenvalue weighted by molar-refractivity contribution is 0.0934. The van der Waals surface area contributed by atoms with Crippen molar-refractivity contribution in [2.75, 3.05) is 6.54 Å². The Labute approximate surface area is 126 Å². The van der Waals surface area contributed by atoms with Crippen molar-refractivity contribution in [3.8, 4) is 0 Å². The molecular formula is C16H23ClN2O. The van der Waals surface area contributed by atoms with Gasteiger partial charge in [0.25, 0.3) is 5.91 Å². The summed E-state index contributed by atoms with van der Waals surface area (Å²) in [5, 5.41) is 3.45. The number of aryl methyl sites for hydroxylation is 1. The highest BCUT2D eigenvalue weighted by atomic mass is 35.5. The maximum atomic E-state index is 12.3. The van der Waals surface area contributed by atoms with E-state index in [9.17, 15) is 4.79 Å². The van der Waals surface area contributed by atoms with E-state index in [0.29, 0.717) is 10.7 Å². The first-order valence-electron chi connectivity index (χ1n) is 7.47. The molecule has 0 aromatic carbocycles. The number of pyridine rings is 1. The predicted octanol–water partition coefficient (Wildman–Crippen LogP) is 4.00. The molecule has 3 nitrogen and oxygen atoms in total. The summed E-state index contributed by atoms with van der Waals surface area (Å²) in [4.78, 5) is 16.5. The number of amides is 1. The minimum absolute atomic E-state index is 0.0419. The number of rotatable bonds is 5. The number of aromatic nitrogens is 1. The van der Waals surface area contributed by atoms with Crippen molar-refractivity contribution in [3.05, 3.63) is 28.5 Å². The monoisotopic (exact) mass is 294 g/mol. The zero-order valence-electron chi connectivity index (χ0n) is 12.3. The summed E-state index contributed by atoms with van der Waals surface area (Å²) in [7, 11) is 0. The molecule has 0 unspecified atom stereocenters. The van der Waals surface area contributed by atoms with Gasteiger partial charge in [0.1, 0.15) is 5.15 Å². The minimum atomic E-state index is -0.0419. The summed E-state index contributed by atoms with van der Waals surface area (Å²) < 4.78 is 0. The number of nitrogens with one attached hydrogen (secondary N) is 1. The van der Waals surface area contributed by atoms with E-state index in [4.69, 9.17) is 11.6 Å². The van der Waals surface area contributed by atoms with E-state index in [1.54, 1.807) is 6.07 Å². The van der Waals surface area contributed by atoms with Gasteiger partial charge in [-0.2, -0.15) is 0 Å². The summed E-state index contributed by atoms with van der Waals surface area (Å²) in [6, 6.07) is 3.49. The molecule has 1 amide bonds. The van der Waals surface area contributed by atoms with E-state index < -0.39 is 0 Å². The fraction of sp³-hybridized carbons (Fsp3) is 0.625. The van der Waals surface area contributed by atoms with Gasteiger partial charge in [-0.05, 0) is 36.8 Å². The Kier molecular flexibility index (Phi) is 5.03. The normalized spacial score (nSPS) is 17.1. The average molecular weight is 295 g/mol. The zero-order valence-corrected chi connectivity index (χ0v) is 13.1. The van der Waals surface area contributed by atoms with Gasteiger partial charge in [-0.3, -0.25) is 4.79 Å². The van der Waals surface area contributed by atoms with Crippen molar-refractivity contribution in [2.24, 2.45) is 5.41 Å². The summed E-state index contributed by atoms with van der Waals surface area (Å²) in [6.45, 7) is 5.08. The van der Waals surface area contributed by atoms with Crippen LogP contribution in [0.25, 0.3) is 0 Å². The second kappa shape index (κ2) is 6.57. The van der Waals surface area contributed by atoms with E-state index >= 15 is 0 Å². The van der Waals surface area contributed by atoms with E-state index in [0.717, 1.165) is 25.1 Å². The third-order valence-corrected chi connectivity index (χ3v) is 4.30. The highest BCUT2D eigenvalue weighted by Gasteiger charge is 2.29. The van der Waals surface area contributed by atoms with Crippen molar-refractivity contribution < 1.29 is 4.79 Å². The molecule has 0 bridgehead atoms. The lowest BCUT2D eigenvalue weighted by Gasteiger charge is -2.23. The van der Waals surface area contributed by atoms with E-state index in [2.05, 4.69) is 24.1 Å². The maximum Gasteiger partial charge on any atom is 0.251 e. The van der Waals surface area contributed by atoms with Crippen LogP contribution >= 0.6 is 11.6 Å². The Morgan fingerprint density at radius 2 is 2.10 bits per heavy atom. The molecule has 0 saturated heterocycles. The van der Waals surface area contributed by atoms with Crippen LogP contribution in [0.1, 0.15) is 62.0 Å². The van der Waals surface area contributed by atoms with Crippen LogP contribution in [0.4, 0.5) is 0 Å². The van der Waals surface area contributed by atoms with Crippen molar-refractivity contribution in [1.29, 1.82) is 0 Å². The summed E-state index contributed by atoms with van der Waals surface area (Å²) in [5.74, 6) is -0.0419. The topological polar surface area (TPSA) is 42.0 Å². The number of carbonyl (C=O) groups is 1. The second-order valence-electron chi connectivity index (χ2n) is 6.12. The quantitative estimate of drug-likeness (QED) is 0.834. The van der Waals surface area contributed by atoms with Gasteiger partial charge < -0.3 is 5.32 Å². The van der Waals surface area contributed by atoms with Crippen LogP contribution in [0.2, 0.25) is 5.15 Å². The molecule has 2 rings (SSSR count). The maximum absolute atomic E-state index is 12.3. The molecule has 110 valence electrons. The van der Waals surface area contributed by atoms with E-state index in [1.165, 1.54) is 25.7 Å². The van der Waals surface area contributed by atoms with Crippen molar-refractivity contribution in [1.82, 2.24) is 10.3 Å². The molecule has 1 aromatic rings. The lowest BCUT2D eigenvalue weighted by Crippen LogP contribution is -2.34. The first-order valence-corrected chi connectivity index (χ1v) is 7.85. The molecule has 0 atom stereocenters. The predicted molar refractivity (Wildman–Crippen MR) is 82.2 cm³/mol. The first kappa shape index (κ1) is 15.3. The standard InChI is InChI=1S/C16H23ClN2O/c1-3-6-13-9-12(10-14(17)19-13)15(20)18-11-16(2)7-4-5-8-16/h9-10H,3-8,11H2,1-2H3,(H,18,20). The lowest BCUT2D eigenvalue weighted by atomic mass is 9.89. The van der Waals surface area contributed by atoms with Crippen molar-refractivity contribution in [3.63, 3.8) is 0 Å². The summed E-state index contributed by atoms with van der Waals surface area (Å²) >= 11 is 5.99. The van der Waals surface area contributed by atoms with Gasteiger partial charge >= 0.3 is 0 Å². The summed E-state index contributed by atoms with van der Waals surface area (Å²) in [6.07, 6.45) is 6.78. The van der Waals surface area contributed by atoms with Crippen molar-refractivity contribution in [2.45, 2.75) is 52.4 Å². The number of halogens is 1. The van der Waals surface area contributed by atoms with E-state index in [1.807, 2.05) is 6.07 Å². The van der Waals surface area contributed by atoms with Crippen LogP contribution in [-0.2, 0) is 6.42 Å². The van der Waals surface area contributed by atoms with Crippen LogP contribution in [0.15, 0.2) is 12.1 Å². The molecule has 0 radical (unpaired) electrons. The molecule has 0 spiro atoms. The first-order chi connectivity index (χ1) is 9.52. The van der Waals surface area contributed by atoms with Gasteiger partial charge in [-0.25, -0.2) is 4.98 Å². The number of hydrogen-bond donors (Lipinski definition) is 1. The average Bonchev–Trinajstić information content (AvgIpc) is 2.83. The number of carbonyl (C=O) groups excluding carboxylic acids is 1. The zero-order chi connectivity index (χ0) is 14.6. The number of nitrogens with zero attached hydrogens (tertiary/aromatic N) is 1. The number of hydrogen-bond acceptors (Lipinski definition) is 2. The van der Waals surface area contributed by atoms with Gasteiger partial charge in [-0.1, -0.05) is 44.7 Å². The highest BCUT2D eigenvalue weighted by Crippen LogP contribution is 2.36. The van der Waals surface area contributed by atoms with Gasteiger partial charge in [0, 0.05) is 17.8 Å². The van der Waals surface area contributed by atoms with Gasteiger partial charge in [0.15, 0.2) is 0 Å². The largest absolute Gasteiger partial charge is 0.351 e. The third-order valence-electron chi connectivity index (χ3n) is 4.10. The molecule has 1 aliphatic carbocycles. The molecule has 1 aromatic heterocycles. The van der Waals surface area contributed by atoms with E-state index in [-0.39, 0.29) is 11.3 Å². The Morgan fingerprint density at radius 1 is 1.40 bits per heavy atom. The molecule has 1 aliphatic rings. The smallest absolute Gasteiger partial charge is 0.251 e. The van der Waals surface area contributed by atoms with Crippen LogP contribution < -0.4 is 5.32 Å². The van der Waals surface area contributed by atoms with Crippen LogP contribution in [-0.4, -0.2) is 17.4 Å². The highest BCUT2D eigenvalue weighted by molar-refractivity contribution is 6.29. The minimum Gasteiger partial charge on any atom is -0.351 e. The fourth-order valence-electron chi connectivity index (χ4n) is 2.87. The van der Waals surface area contributed by atoms with Gasteiger partial charge in [0.2, 0.25) is 0 Å². The fourth-order valence-corrected chi connectivity index (χ4v) is 3.09. The van der Waals surface area contributed by atoms with Crippen LogP contribution in [0, 0.1) is 5.41 Å². The van der Waals surface area contributed by atoms with Crippen LogP contribution in [0.3, 0.4) is 0 Å². The molecule has 0 aliphatic heterocycles. The molecule has 1 fully saturated rings. The molecule has 1 heterocycles. The van der Waals surface area contributed by atoms with Crippen molar-refractivity contribution >= 4 is 17.5 Å². The van der Waals surface area contributed by atoms with Crippen LogP contribution in [0.5, 0.6) is 0 Å². The Hall–Kier alpha value is -1.09. The Balaban J connectivity index is 2.01. The third kappa shape index (κ3) is 3.95. The Bertz CT molecular complexity index is 481. The molecule has 20 heavy (non-hydrogen) atoms. The molecule has 1 saturated carbocycles. The van der Waals surface area contributed by atoms with Gasteiger partial charge in [0.05, 0.1) is 0 Å². The summed E-state index contributed by atoms with van der Waals surface area (Å²) in [5.41, 5.74) is 1.77. The second-order valence-corrected chi connectivity index (χ2v) is 6.51. The molecule has 4 heteroatoms. The molecular weight excluding hydrogens is 272 g/mol. The SMILES string of the molecule is CCCc1cc(C(=O)NCC2(C)CCCC2)cc(Cl)n1. The van der Waals surface area contributed by atoms with Gasteiger partial charge in [-0.15, -0.1) is 0 Å². The Morgan fingerprint density at radius 3 is 2.75 bits per heavy atom. The molecule has 1 N–H and O–H groups in total.